The van der Waals surface area contributed by atoms with E-state index in [2.05, 4.69) is 11.8 Å². The van der Waals surface area contributed by atoms with E-state index < -0.39 is 0 Å². The van der Waals surface area contributed by atoms with Crippen LogP contribution in [0, 0.1) is 5.92 Å². The average molecular weight is 435 g/mol. The Morgan fingerprint density at radius 1 is 1.00 bits per heavy atom. The minimum atomic E-state index is -0.328. The quantitative estimate of drug-likeness (QED) is 0.627. The van der Waals surface area contributed by atoms with Gasteiger partial charge in [0, 0.05) is 13.1 Å². The summed E-state index contributed by atoms with van der Waals surface area (Å²) in [5, 5.41) is 0. The number of carbonyl (C=O) groups is 2. The molecule has 2 amide bonds. The largest absolute Gasteiger partial charge is 0.495 e. The van der Waals surface area contributed by atoms with Gasteiger partial charge >= 0.3 is 0 Å². The van der Waals surface area contributed by atoms with Gasteiger partial charge in [-0.2, -0.15) is 0 Å². The number of anilines is 1. The maximum Gasteiger partial charge on any atom is 0.282 e. The second-order valence-electron chi connectivity index (χ2n) is 8.73. The lowest BCUT2D eigenvalue weighted by molar-refractivity contribution is -0.120. The third-order valence-corrected chi connectivity index (χ3v) is 5.87. The van der Waals surface area contributed by atoms with Gasteiger partial charge in [-0.05, 0) is 62.4 Å². The van der Waals surface area contributed by atoms with Gasteiger partial charge in [0.15, 0.2) is 0 Å². The molecule has 0 radical (unpaired) electrons. The molecule has 0 saturated carbocycles. The molecule has 168 valence electrons. The highest BCUT2D eigenvalue weighted by Gasteiger charge is 2.44. The topological polar surface area (TPSA) is 59.1 Å². The van der Waals surface area contributed by atoms with E-state index >= 15 is 0 Å². The van der Waals surface area contributed by atoms with Gasteiger partial charge in [-0.1, -0.05) is 31.2 Å². The highest BCUT2D eigenvalue weighted by atomic mass is 16.5. The molecule has 0 N–H and O–H groups in total. The Morgan fingerprint density at radius 2 is 1.72 bits per heavy atom. The second-order valence-corrected chi connectivity index (χ2v) is 8.73. The van der Waals surface area contributed by atoms with Crippen molar-refractivity contribution < 1.29 is 19.1 Å². The van der Waals surface area contributed by atoms with E-state index in [0.717, 1.165) is 31.7 Å². The SMILES string of the molecule is COc1ccccc1N1C(=O)C(c2ccc(OC(C)C)cc2)=C(N2CCCC(C)C2)C1=O. The van der Waals surface area contributed by atoms with E-state index in [-0.39, 0.29) is 17.9 Å². The van der Waals surface area contributed by atoms with Gasteiger partial charge in [0.05, 0.1) is 24.5 Å². The third-order valence-electron chi connectivity index (χ3n) is 5.87. The Hall–Kier alpha value is -3.28. The van der Waals surface area contributed by atoms with Gasteiger partial charge in [-0.15, -0.1) is 0 Å². The van der Waals surface area contributed by atoms with Crippen LogP contribution in [0.4, 0.5) is 5.69 Å². The van der Waals surface area contributed by atoms with Crippen molar-refractivity contribution in [1.29, 1.82) is 0 Å². The summed E-state index contributed by atoms with van der Waals surface area (Å²) in [6.45, 7) is 7.64. The number of para-hydroxylation sites is 2. The number of methoxy groups -OCH3 is 1. The van der Waals surface area contributed by atoms with Crippen molar-refractivity contribution in [3.63, 3.8) is 0 Å². The van der Waals surface area contributed by atoms with Crippen molar-refractivity contribution in [2.45, 2.75) is 39.7 Å². The van der Waals surface area contributed by atoms with Gasteiger partial charge in [-0.25, -0.2) is 4.90 Å². The molecule has 32 heavy (non-hydrogen) atoms. The maximum absolute atomic E-state index is 13.7. The molecule has 0 bridgehead atoms. The number of rotatable bonds is 6. The minimum absolute atomic E-state index is 0.0567. The fourth-order valence-corrected chi connectivity index (χ4v) is 4.47. The van der Waals surface area contributed by atoms with Crippen LogP contribution < -0.4 is 14.4 Å². The molecule has 4 rings (SSSR count). The predicted molar refractivity (Wildman–Crippen MR) is 125 cm³/mol. The standard InChI is InChI=1S/C26H30N2O4/c1-17(2)32-20-13-11-19(12-14-20)23-24(27-15-7-8-18(3)16-27)26(30)28(25(23)29)21-9-5-6-10-22(21)31-4/h5-6,9-14,17-18H,7-8,15-16H2,1-4H3. The summed E-state index contributed by atoms with van der Waals surface area (Å²) in [6, 6.07) is 14.5. The van der Waals surface area contributed by atoms with Gasteiger partial charge in [0.2, 0.25) is 0 Å². The molecule has 2 aliphatic rings. The van der Waals surface area contributed by atoms with E-state index in [1.54, 1.807) is 25.3 Å². The smallest absolute Gasteiger partial charge is 0.282 e. The second kappa shape index (κ2) is 9.07. The number of likely N-dealkylation sites (tertiary alicyclic amines) is 1. The fraction of sp³-hybridized carbons (Fsp3) is 0.385. The molecule has 1 atom stereocenters. The lowest BCUT2D eigenvalue weighted by Gasteiger charge is -2.33. The van der Waals surface area contributed by atoms with Crippen LogP contribution in [-0.4, -0.2) is 43.0 Å². The van der Waals surface area contributed by atoms with Crippen LogP contribution in [0.3, 0.4) is 0 Å². The van der Waals surface area contributed by atoms with E-state index in [0.29, 0.717) is 34.2 Å². The van der Waals surface area contributed by atoms with Crippen LogP contribution in [0.1, 0.15) is 39.2 Å². The number of piperidine rings is 1. The number of hydrogen-bond acceptors (Lipinski definition) is 5. The molecule has 0 spiro atoms. The first kappa shape index (κ1) is 21.9. The first-order valence-corrected chi connectivity index (χ1v) is 11.2. The zero-order valence-electron chi connectivity index (χ0n) is 19.1. The summed E-state index contributed by atoms with van der Waals surface area (Å²) in [5.41, 5.74) is 2.09. The van der Waals surface area contributed by atoms with Crippen LogP contribution in [0.15, 0.2) is 54.2 Å². The van der Waals surface area contributed by atoms with E-state index in [9.17, 15) is 9.59 Å². The lowest BCUT2D eigenvalue weighted by Crippen LogP contribution is -2.39. The molecule has 2 aromatic carbocycles. The molecule has 0 aliphatic carbocycles. The maximum atomic E-state index is 13.7. The first-order chi connectivity index (χ1) is 15.4. The molecule has 0 aromatic heterocycles. The highest BCUT2D eigenvalue weighted by molar-refractivity contribution is 6.45. The number of hydrogen-bond donors (Lipinski definition) is 0. The Labute approximate surface area is 189 Å². The lowest BCUT2D eigenvalue weighted by atomic mass is 9.97. The van der Waals surface area contributed by atoms with Crippen molar-refractivity contribution in [3.8, 4) is 11.5 Å². The molecule has 1 unspecified atom stereocenters. The zero-order valence-corrected chi connectivity index (χ0v) is 19.1. The van der Waals surface area contributed by atoms with E-state index in [1.165, 1.54) is 4.90 Å². The van der Waals surface area contributed by atoms with Crippen molar-refractivity contribution in [3.05, 3.63) is 59.8 Å². The number of ether oxygens (including phenoxy) is 2. The number of amides is 2. The fourth-order valence-electron chi connectivity index (χ4n) is 4.47. The first-order valence-electron chi connectivity index (χ1n) is 11.2. The van der Waals surface area contributed by atoms with Crippen LogP contribution in [0.5, 0.6) is 11.5 Å². The van der Waals surface area contributed by atoms with Gasteiger partial charge < -0.3 is 14.4 Å². The predicted octanol–water partition coefficient (Wildman–Crippen LogP) is 4.50. The molecule has 1 saturated heterocycles. The van der Waals surface area contributed by atoms with Gasteiger partial charge in [0.25, 0.3) is 11.8 Å². The number of nitrogens with zero attached hydrogens (tertiary/aromatic N) is 2. The minimum Gasteiger partial charge on any atom is -0.495 e. The normalized spacial score (nSPS) is 19.2. The Bertz CT molecular complexity index is 1040. The van der Waals surface area contributed by atoms with Gasteiger partial charge in [-0.3, -0.25) is 9.59 Å². The van der Waals surface area contributed by atoms with Crippen LogP contribution in [0.25, 0.3) is 5.57 Å². The van der Waals surface area contributed by atoms with Crippen LogP contribution in [-0.2, 0) is 9.59 Å². The monoisotopic (exact) mass is 434 g/mol. The van der Waals surface area contributed by atoms with Gasteiger partial charge in [0.1, 0.15) is 17.2 Å². The molecule has 6 heteroatoms. The van der Waals surface area contributed by atoms with E-state index in [1.807, 2.05) is 44.2 Å². The molecule has 2 heterocycles. The van der Waals surface area contributed by atoms with Crippen molar-refractivity contribution >= 4 is 23.1 Å². The van der Waals surface area contributed by atoms with Crippen molar-refractivity contribution in [2.75, 3.05) is 25.1 Å². The summed E-state index contributed by atoms with van der Waals surface area (Å²) in [4.78, 5) is 30.8. The molecule has 2 aromatic rings. The summed E-state index contributed by atoms with van der Waals surface area (Å²) >= 11 is 0. The van der Waals surface area contributed by atoms with Crippen molar-refractivity contribution in [2.24, 2.45) is 5.92 Å². The zero-order chi connectivity index (χ0) is 22.8. The molecule has 1 fully saturated rings. The van der Waals surface area contributed by atoms with Crippen LogP contribution in [0.2, 0.25) is 0 Å². The summed E-state index contributed by atoms with van der Waals surface area (Å²) in [6.07, 6.45) is 2.18. The Kier molecular flexibility index (Phi) is 6.21. The Morgan fingerprint density at radius 3 is 2.38 bits per heavy atom. The molecular weight excluding hydrogens is 404 g/mol. The van der Waals surface area contributed by atoms with E-state index in [4.69, 9.17) is 9.47 Å². The highest BCUT2D eigenvalue weighted by Crippen LogP contribution is 2.39. The number of benzene rings is 2. The Balaban J connectivity index is 1.80. The molecule has 6 nitrogen and oxygen atoms in total. The summed E-state index contributed by atoms with van der Waals surface area (Å²) < 4.78 is 11.2. The summed E-state index contributed by atoms with van der Waals surface area (Å²) in [5.74, 6) is 1.05. The average Bonchev–Trinajstić information content (AvgIpc) is 3.03. The number of carbonyl (C=O) groups excluding carboxylic acids is 2. The molecular formula is C26H30N2O4. The van der Waals surface area contributed by atoms with Crippen LogP contribution >= 0.6 is 0 Å². The molecule has 2 aliphatic heterocycles. The van der Waals surface area contributed by atoms with Crippen molar-refractivity contribution in [1.82, 2.24) is 4.90 Å². The summed E-state index contributed by atoms with van der Waals surface area (Å²) in [7, 11) is 1.54. The number of imide groups is 1. The third kappa shape index (κ3) is 4.09.